The van der Waals surface area contributed by atoms with Gasteiger partial charge in [-0.25, -0.2) is 0 Å². The average molecular weight is 349 g/mol. The molecule has 0 spiro atoms. The number of rotatable bonds is 2. The molecule has 0 amide bonds. The molecule has 1 saturated carbocycles. The molecule has 0 radical (unpaired) electrons. The second-order valence-electron chi connectivity index (χ2n) is 9.27. The highest BCUT2D eigenvalue weighted by Crippen LogP contribution is 2.61. The Bertz CT molecular complexity index is 565. The molecule has 1 heteroatoms. The van der Waals surface area contributed by atoms with Crippen LogP contribution >= 0.6 is 15.9 Å². The summed E-state index contributed by atoms with van der Waals surface area (Å²) < 4.78 is 0. The molecule has 1 aromatic rings. The Labute approximate surface area is 138 Å². The highest BCUT2D eigenvalue weighted by molar-refractivity contribution is 9.09. The molecule has 0 aromatic heterocycles. The highest BCUT2D eigenvalue weighted by Gasteiger charge is 2.50. The van der Waals surface area contributed by atoms with E-state index in [1.165, 1.54) is 24.8 Å². The number of alkyl halides is 1. The molecular formula is C20H29Br. The summed E-state index contributed by atoms with van der Waals surface area (Å²) in [5, 5.41) is 0. The summed E-state index contributed by atoms with van der Waals surface area (Å²) in [5.41, 5.74) is 5.78. The van der Waals surface area contributed by atoms with Crippen LogP contribution in [0.2, 0.25) is 0 Å². The minimum Gasteiger partial charge on any atom is -0.0836 e. The molecule has 1 fully saturated rings. The molecule has 0 heterocycles. The minimum absolute atomic E-state index is 0.312. The minimum atomic E-state index is 0.312. The first-order valence-electron chi connectivity index (χ1n) is 8.34. The van der Waals surface area contributed by atoms with Gasteiger partial charge < -0.3 is 0 Å². The molecule has 1 aromatic carbocycles. The first kappa shape index (κ1) is 15.6. The normalized spacial score (nSPS) is 29.6. The third-order valence-corrected chi connectivity index (χ3v) is 7.31. The van der Waals surface area contributed by atoms with E-state index in [4.69, 9.17) is 0 Å². The number of halogens is 1. The smallest absolute Gasteiger partial charge is 0.0428 e. The molecule has 2 aliphatic carbocycles. The Morgan fingerprint density at radius 3 is 2.00 bits per heavy atom. The van der Waals surface area contributed by atoms with Crippen molar-refractivity contribution < 1.29 is 0 Å². The molecule has 3 rings (SSSR count). The Morgan fingerprint density at radius 2 is 1.48 bits per heavy atom. The van der Waals surface area contributed by atoms with Crippen LogP contribution in [0.25, 0.3) is 0 Å². The lowest BCUT2D eigenvalue weighted by Gasteiger charge is -2.42. The first-order chi connectivity index (χ1) is 9.55. The fourth-order valence-corrected chi connectivity index (χ4v) is 5.20. The Morgan fingerprint density at radius 1 is 0.952 bits per heavy atom. The average Bonchev–Trinajstić information content (AvgIpc) is 3.03. The Balaban J connectivity index is 2.00. The largest absolute Gasteiger partial charge is 0.0836 e. The van der Waals surface area contributed by atoms with Crippen molar-refractivity contribution in [3.05, 3.63) is 34.9 Å². The van der Waals surface area contributed by atoms with Gasteiger partial charge in [0, 0.05) is 4.83 Å². The maximum atomic E-state index is 3.98. The van der Waals surface area contributed by atoms with Gasteiger partial charge in [-0.05, 0) is 58.1 Å². The highest BCUT2D eigenvalue weighted by atomic mass is 79.9. The van der Waals surface area contributed by atoms with Gasteiger partial charge in [0.15, 0.2) is 0 Å². The summed E-state index contributed by atoms with van der Waals surface area (Å²) in [4.78, 5) is 0.513. The lowest BCUT2D eigenvalue weighted by molar-refractivity contribution is 0.331. The summed E-state index contributed by atoms with van der Waals surface area (Å²) in [6.45, 7) is 14.4. The van der Waals surface area contributed by atoms with Crippen molar-refractivity contribution in [3.8, 4) is 0 Å². The molecular weight excluding hydrogens is 320 g/mol. The van der Waals surface area contributed by atoms with E-state index in [2.05, 4.69) is 75.7 Å². The van der Waals surface area contributed by atoms with Crippen molar-refractivity contribution in [3.63, 3.8) is 0 Å². The van der Waals surface area contributed by atoms with Gasteiger partial charge in [-0.3, -0.25) is 0 Å². The van der Waals surface area contributed by atoms with E-state index < -0.39 is 0 Å². The van der Waals surface area contributed by atoms with Crippen LogP contribution in [0.4, 0.5) is 0 Å². The maximum absolute atomic E-state index is 3.98. The molecule has 2 unspecified atom stereocenters. The van der Waals surface area contributed by atoms with Gasteiger partial charge >= 0.3 is 0 Å². The molecule has 0 aliphatic heterocycles. The van der Waals surface area contributed by atoms with Crippen LogP contribution in [-0.4, -0.2) is 0 Å². The third kappa shape index (κ3) is 2.60. The van der Waals surface area contributed by atoms with Crippen LogP contribution in [0.5, 0.6) is 0 Å². The zero-order valence-electron chi connectivity index (χ0n) is 14.4. The summed E-state index contributed by atoms with van der Waals surface area (Å²) in [6.07, 6.45) is 3.92. The van der Waals surface area contributed by atoms with E-state index in [0.29, 0.717) is 21.1 Å². The Hall–Kier alpha value is -0.300. The van der Waals surface area contributed by atoms with Gasteiger partial charge in [-0.15, -0.1) is 0 Å². The van der Waals surface area contributed by atoms with E-state index in [1.54, 1.807) is 11.1 Å². The van der Waals surface area contributed by atoms with Crippen molar-refractivity contribution in [1.29, 1.82) is 0 Å². The fourth-order valence-electron chi connectivity index (χ4n) is 4.02. The summed E-state index contributed by atoms with van der Waals surface area (Å²) in [6, 6.07) is 7.29. The van der Waals surface area contributed by atoms with Crippen molar-refractivity contribution in [2.75, 3.05) is 0 Å². The van der Waals surface area contributed by atoms with E-state index in [9.17, 15) is 0 Å². The van der Waals surface area contributed by atoms with Gasteiger partial charge in [-0.1, -0.05) is 75.7 Å². The fraction of sp³-hybridized carbons (Fsp3) is 0.700. The predicted molar refractivity (Wildman–Crippen MR) is 95.3 cm³/mol. The van der Waals surface area contributed by atoms with Crippen LogP contribution in [-0.2, 0) is 10.8 Å². The summed E-state index contributed by atoms with van der Waals surface area (Å²) in [5.74, 6) is 0.787. The SMILES string of the molecule is CC1(C)CCC(C)(C)c2cc(C(Br)C3CC3(C)C)ccc21. The monoisotopic (exact) mass is 348 g/mol. The van der Waals surface area contributed by atoms with Crippen LogP contribution in [0.15, 0.2) is 18.2 Å². The van der Waals surface area contributed by atoms with Gasteiger partial charge in [0.2, 0.25) is 0 Å². The van der Waals surface area contributed by atoms with Crippen LogP contribution < -0.4 is 0 Å². The lowest BCUT2D eigenvalue weighted by atomic mass is 9.63. The van der Waals surface area contributed by atoms with Crippen LogP contribution in [0.1, 0.15) is 82.3 Å². The summed E-state index contributed by atoms with van der Waals surface area (Å²) >= 11 is 3.98. The summed E-state index contributed by atoms with van der Waals surface area (Å²) in [7, 11) is 0. The van der Waals surface area contributed by atoms with Gasteiger partial charge in [-0.2, -0.15) is 0 Å². The molecule has 0 N–H and O–H groups in total. The van der Waals surface area contributed by atoms with E-state index >= 15 is 0 Å². The van der Waals surface area contributed by atoms with E-state index in [1.807, 2.05) is 0 Å². The quantitative estimate of drug-likeness (QED) is 0.533. The molecule has 0 saturated heterocycles. The molecule has 2 atom stereocenters. The Kier molecular flexibility index (Phi) is 3.41. The second-order valence-corrected chi connectivity index (χ2v) is 10.3. The molecule has 2 aliphatic rings. The lowest BCUT2D eigenvalue weighted by Crippen LogP contribution is -2.33. The maximum Gasteiger partial charge on any atom is 0.0428 e. The van der Waals surface area contributed by atoms with Crippen molar-refractivity contribution in [2.24, 2.45) is 11.3 Å². The van der Waals surface area contributed by atoms with Gasteiger partial charge in [0.05, 0.1) is 0 Å². The molecule has 0 nitrogen and oxygen atoms in total. The molecule has 116 valence electrons. The predicted octanol–water partition coefficient (Wildman–Crippen LogP) is 6.52. The van der Waals surface area contributed by atoms with E-state index in [0.717, 1.165) is 5.92 Å². The van der Waals surface area contributed by atoms with Crippen molar-refractivity contribution in [2.45, 2.75) is 76.5 Å². The molecule has 21 heavy (non-hydrogen) atoms. The zero-order chi connectivity index (χ0) is 15.6. The molecule has 0 bridgehead atoms. The topological polar surface area (TPSA) is 0 Å². The zero-order valence-corrected chi connectivity index (χ0v) is 16.0. The number of fused-ring (bicyclic) bond motifs is 1. The number of hydrogen-bond donors (Lipinski definition) is 0. The number of benzene rings is 1. The second kappa shape index (κ2) is 4.60. The third-order valence-electron chi connectivity index (χ3n) is 6.14. The standard InChI is InChI=1S/C20H29Br/c1-18(2)9-10-19(3,4)15-11-13(7-8-14(15)18)17(21)16-12-20(16,5)6/h7-8,11,16-17H,9-10,12H2,1-6H3. The van der Waals surface area contributed by atoms with Crippen LogP contribution in [0.3, 0.4) is 0 Å². The van der Waals surface area contributed by atoms with Gasteiger partial charge in [0.1, 0.15) is 0 Å². The van der Waals surface area contributed by atoms with Gasteiger partial charge in [0.25, 0.3) is 0 Å². The first-order valence-corrected chi connectivity index (χ1v) is 9.25. The number of hydrogen-bond acceptors (Lipinski definition) is 0. The van der Waals surface area contributed by atoms with Crippen molar-refractivity contribution >= 4 is 15.9 Å². The van der Waals surface area contributed by atoms with Crippen molar-refractivity contribution in [1.82, 2.24) is 0 Å². The van der Waals surface area contributed by atoms with Crippen LogP contribution in [0, 0.1) is 11.3 Å². The van der Waals surface area contributed by atoms with E-state index in [-0.39, 0.29) is 0 Å².